The number of phenolic OH excluding ortho intramolecular Hbond substituents is 1. The molecule has 1 aliphatic rings. The summed E-state index contributed by atoms with van der Waals surface area (Å²) in [5.41, 5.74) is 1.85. The molecule has 4 N–H and O–H groups in total. The average Bonchev–Trinajstić information content (AvgIpc) is 2.79. The van der Waals surface area contributed by atoms with Gasteiger partial charge in [-0.05, 0) is 32.3 Å². The Hall–Kier alpha value is -2.47. The smallest absolute Gasteiger partial charge is 0.677 e. The molecule has 0 saturated carbocycles. The Kier molecular flexibility index (Phi) is 8.79. The van der Waals surface area contributed by atoms with Crippen LogP contribution in [0.3, 0.4) is 0 Å². The van der Waals surface area contributed by atoms with E-state index in [1.54, 1.807) is 39.4 Å². The number of anilines is 1. The number of para-hydroxylation sites is 1. The Morgan fingerprint density at radius 3 is 2.41 bits per heavy atom. The second-order valence-electron chi connectivity index (χ2n) is 7.56. The van der Waals surface area contributed by atoms with Crippen LogP contribution in [-0.4, -0.2) is 53.3 Å². The minimum Gasteiger partial charge on any atom is -0.677 e. The summed E-state index contributed by atoms with van der Waals surface area (Å²) < 4.78 is 5.18. The number of hydrogen-bond donors (Lipinski definition) is 4. The maximum atomic E-state index is 12.3. The fourth-order valence-corrected chi connectivity index (χ4v) is 3.39. The maximum Gasteiger partial charge on any atom is 1.00 e. The minimum absolute atomic E-state index is 0. The Morgan fingerprint density at radius 1 is 1.19 bits per heavy atom. The minimum atomic E-state index is -1.31. The summed E-state index contributed by atoms with van der Waals surface area (Å²) in [5.74, 6) is 0.0579. The molecule has 1 aliphatic carbocycles. The molecule has 2 aromatic carbocycles. The summed E-state index contributed by atoms with van der Waals surface area (Å²) in [6.07, 6.45) is -1.66. The fraction of sp³-hybridized carbons (Fsp3) is 0.348. The van der Waals surface area contributed by atoms with Gasteiger partial charge in [-0.3, -0.25) is 9.69 Å². The number of hydrogen-bond acceptors (Lipinski definition) is 7. The molecule has 166 valence electrons. The molecule has 9 heteroatoms. The standard InChI is InChI=1S/C23H29N3O5.Li/c1-5-16(13-9-11-14(31-4)12-10-13)24-18-19(22(29)21(18)28)25-17-8-6-7-15(20(17)27)23(30)26(2)3;/h6-12,16,21,23,25,28,30H,5H2,1-4H3,(H2,24,27,29);/q;+1/p-1/t16-,21?,23?;/m1./s1. The summed E-state index contributed by atoms with van der Waals surface area (Å²) >= 11 is 0. The van der Waals surface area contributed by atoms with Crippen molar-refractivity contribution in [1.29, 1.82) is 0 Å². The van der Waals surface area contributed by atoms with Gasteiger partial charge in [0.15, 0.2) is 0 Å². The third-order valence-corrected chi connectivity index (χ3v) is 5.29. The average molecular weight is 433 g/mol. The number of aliphatic hydroxyl groups excluding tert-OH is 2. The number of nitrogens with one attached hydrogen (secondary N) is 1. The van der Waals surface area contributed by atoms with Gasteiger partial charge in [0.1, 0.15) is 23.8 Å². The van der Waals surface area contributed by atoms with E-state index in [9.17, 15) is 20.1 Å². The zero-order chi connectivity index (χ0) is 22.7. The predicted molar refractivity (Wildman–Crippen MR) is 118 cm³/mol. The molecule has 3 rings (SSSR count). The van der Waals surface area contributed by atoms with E-state index in [0.29, 0.717) is 12.0 Å². The fourth-order valence-electron chi connectivity index (χ4n) is 3.39. The monoisotopic (exact) mass is 433 g/mol. The number of ketones is 1. The number of carbonyl (C=O) groups excluding carboxylic acids is 1. The molecular weight excluding hydrogens is 405 g/mol. The molecule has 0 aliphatic heterocycles. The quantitative estimate of drug-likeness (QED) is 0.251. The van der Waals surface area contributed by atoms with Gasteiger partial charge in [0.2, 0.25) is 5.78 Å². The van der Waals surface area contributed by atoms with Crippen molar-refractivity contribution in [3.63, 3.8) is 0 Å². The molecule has 32 heavy (non-hydrogen) atoms. The van der Waals surface area contributed by atoms with Crippen LogP contribution in [-0.2, 0) is 4.79 Å². The van der Waals surface area contributed by atoms with E-state index in [-0.39, 0.29) is 47.7 Å². The third kappa shape index (κ3) is 5.12. The van der Waals surface area contributed by atoms with Gasteiger partial charge in [0, 0.05) is 5.56 Å². The first-order valence-electron chi connectivity index (χ1n) is 10.0. The van der Waals surface area contributed by atoms with Gasteiger partial charge >= 0.3 is 18.9 Å². The molecule has 0 amide bonds. The first-order chi connectivity index (χ1) is 14.8. The van der Waals surface area contributed by atoms with Crippen molar-refractivity contribution in [2.24, 2.45) is 0 Å². The van der Waals surface area contributed by atoms with Crippen molar-refractivity contribution in [2.45, 2.75) is 31.7 Å². The van der Waals surface area contributed by atoms with E-state index in [0.717, 1.165) is 11.3 Å². The summed E-state index contributed by atoms with van der Waals surface area (Å²) in [6, 6.07) is 12.1. The second-order valence-corrected chi connectivity index (χ2v) is 7.56. The van der Waals surface area contributed by atoms with Crippen LogP contribution in [0, 0.1) is 0 Å². The molecule has 8 nitrogen and oxygen atoms in total. The zero-order valence-electron chi connectivity index (χ0n) is 19.0. The zero-order valence-corrected chi connectivity index (χ0v) is 19.0. The van der Waals surface area contributed by atoms with Gasteiger partial charge < -0.3 is 30.7 Å². The van der Waals surface area contributed by atoms with Crippen LogP contribution >= 0.6 is 0 Å². The SMILES string of the molecule is CC[C@@H]([N-]C1=C(Nc2cccc(C(O)N(C)C)c2O)C(=O)C1O)c1ccc(OC)cc1.[Li+]. The van der Waals surface area contributed by atoms with Crippen molar-refractivity contribution >= 4 is 11.5 Å². The molecule has 0 bridgehead atoms. The van der Waals surface area contributed by atoms with Gasteiger partial charge in [-0.25, -0.2) is 0 Å². The summed E-state index contributed by atoms with van der Waals surface area (Å²) in [4.78, 5) is 13.9. The van der Waals surface area contributed by atoms with Gasteiger partial charge in [0.05, 0.1) is 18.5 Å². The molecule has 3 atom stereocenters. The van der Waals surface area contributed by atoms with Gasteiger partial charge in [0.25, 0.3) is 0 Å². The summed E-state index contributed by atoms with van der Waals surface area (Å²) in [6.45, 7) is 1.97. The van der Waals surface area contributed by atoms with Crippen LogP contribution in [0.2, 0.25) is 0 Å². The number of ether oxygens (including phenoxy) is 1. The second kappa shape index (κ2) is 10.9. The molecular formula is C23H28LiN3O5. The van der Waals surface area contributed by atoms with Crippen LogP contribution in [0.15, 0.2) is 53.9 Å². The molecule has 0 spiro atoms. The largest absolute Gasteiger partial charge is 1.00 e. The summed E-state index contributed by atoms with van der Waals surface area (Å²) in [5, 5.41) is 38.6. The maximum absolute atomic E-state index is 12.3. The molecule has 2 unspecified atom stereocenters. The molecule has 2 aromatic rings. The van der Waals surface area contributed by atoms with E-state index in [2.05, 4.69) is 10.6 Å². The van der Waals surface area contributed by atoms with Gasteiger partial charge in [-0.2, -0.15) is 0 Å². The number of methoxy groups -OCH3 is 1. The van der Waals surface area contributed by atoms with Gasteiger partial charge in [-0.15, -0.1) is 0 Å². The number of phenols is 1. The molecule has 0 aromatic heterocycles. The van der Waals surface area contributed by atoms with Crippen molar-refractivity contribution in [2.75, 3.05) is 26.5 Å². The van der Waals surface area contributed by atoms with Gasteiger partial charge in [-0.1, -0.05) is 54.9 Å². The number of benzene rings is 2. The van der Waals surface area contributed by atoms with E-state index in [4.69, 9.17) is 4.74 Å². The molecule has 0 heterocycles. The normalized spacial score (nSPS) is 17.3. The number of aliphatic hydroxyl groups is 2. The number of nitrogens with zero attached hydrogens (tertiary/aromatic N) is 2. The van der Waals surface area contributed by atoms with Crippen molar-refractivity contribution in [1.82, 2.24) is 4.90 Å². The Morgan fingerprint density at radius 2 is 1.84 bits per heavy atom. The van der Waals surface area contributed by atoms with Crippen LogP contribution in [0.5, 0.6) is 11.5 Å². The topological polar surface area (TPSA) is 116 Å². The van der Waals surface area contributed by atoms with E-state index in [1.807, 2.05) is 31.2 Å². The Bertz CT molecular complexity index is 978. The molecule has 0 saturated heterocycles. The third-order valence-electron chi connectivity index (χ3n) is 5.29. The first kappa shape index (κ1) is 25.8. The first-order valence-corrected chi connectivity index (χ1v) is 10.0. The van der Waals surface area contributed by atoms with E-state index >= 15 is 0 Å². The predicted octanol–water partition coefficient (Wildman–Crippen LogP) is 0.0494. The summed E-state index contributed by atoms with van der Waals surface area (Å²) in [7, 11) is 4.96. The molecule has 0 radical (unpaired) electrons. The van der Waals surface area contributed by atoms with Crippen LogP contribution in [0.4, 0.5) is 5.69 Å². The van der Waals surface area contributed by atoms with E-state index < -0.39 is 18.1 Å². The number of aromatic hydroxyl groups is 1. The Labute approximate surface area is 200 Å². The van der Waals surface area contributed by atoms with Crippen LogP contribution < -0.4 is 28.9 Å². The van der Waals surface area contributed by atoms with Crippen LogP contribution in [0.25, 0.3) is 5.32 Å². The van der Waals surface area contributed by atoms with Crippen molar-refractivity contribution in [3.8, 4) is 11.5 Å². The van der Waals surface area contributed by atoms with Crippen molar-refractivity contribution < 1.29 is 43.7 Å². The van der Waals surface area contributed by atoms with E-state index in [1.165, 1.54) is 4.90 Å². The van der Waals surface area contributed by atoms with Crippen LogP contribution in [0.1, 0.15) is 36.7 Å². The number of Topliss-reactive ketones (excluding diaryl/α,β-unsaturated/α-hetero) is 1. The Balaban J connectivity index is 0.00000363. The number of rotatable bonds is 9. The number of carbonyl (C=O) groups is 1. The van der Waals surface area contributed by atoms with Crippen molar-refractivity contribution in [3.05, 3.63) is 70.3 Å². The molecule has 0 fully saturated rings.